The molecule has 0 bridgehead atoms. The summed E-state index contributed by atoms with van der Waals surface area (Å²) in [6.45, 7) is -0.457. The number of hydrogen-bond acceptors (Lipinski definition) is 4. The van der Waals surface area contributed by atoms with Crippen LogP contribution < -0.4 is 4.90 Å². The zero-order chi connectivity index (χ0) is 16.6. The van der Waals surface area contributed by atoms with Crippen LogP contribution in [-0.2, 0) is 4.79 Å². The molecule has 3 rings (SSSR count). The molecule has 2 N–H and O–H groups in total. The number of carboxylic acids is 1. The number of hydrogen-bond donors (Lipinski definition) is 2. The number of aliphatic hydroxyl groups excluding tert-OH is 1. The number of carboxylic acid groups (broad SMARTS) is 1. The number of aromatic carboxylic acids is 1. The first kappa shape index (κ1) is 15.4. The molecule has 23 heavy (non-hydrogen) atoms. The molecule has 0 atom stereocenters. The van der Waals surface area contributed by atoms with E-state index in [1.165, 1.54) is 17.0 Å². The molecule has 1 amide bonds. The van der Waals surface area contributed by atoms with Gasteiger partial charge in [-0.15, -0.1) is 0 Å². The summed E-state index contributed by atoms with van der Waals surface area (Å²) in [4.78, 5) is 29.0. The lowest BCUT2D eigenvalue weighted by molar-refractivity contribution is -0.112. The second-order valence-electron chi connectivity index (χ2n) is 4.85. The Kier molecular flexibility index (Phi) is 3.97. The highest BCUT2D eigenvalue weighted by atomic mass is 79.9. The summed E-state index contributed by atoms with van der Waals surface area (Å²) < 4.78 is 0.774. The lowest BCUT2D eigenvalue weighted by Crippen LogP contribution is -2.30. The van der Waals surface area contributed by atoms with Gasteiger partial charge in [-0.3, -0.25) is 9.69 Å². The van der Waals surface area contributed by atoms with Gasteiger partial charge in [0.2, 0.25) is 0 Å². The first-order valence-electron chi connectivity index (χ1n) is 6.66. The van der Waals surface area contributed by atoms with Crippen LogP contribution in [0.4, 0.5) is 11.4 Å². The number of anilines is 1. The van der Waals surface area contributed by atoms with Crippen molar-refractivity contribution in [1.29, 1.82) is 0 Å². The van der Waals surface area contributed by atoms with E-state index in [9.17, 15) is 14.7 Å². The van der Waals surface area contributed by atoms with Crippen molar-refractivity contribution >= 4 is 44.9 Å². The Balaban J connectivity index is 2.13. The third kappa shape index (κ3) is 2.76. The highest BCUT2D eigenvalue weighted by Crippen LogP contribution is 2.32. The number of halogens is 1. The van der Waals surface area contributed by atoms with Crippen molar-refractivity contribution in [3.8, 4) is 0 Å². The van der Waals surface area contributed by atoms with Gasteiger partial charge in [-0.25, -0.2) is 9.79 Å². The lowest BCUT2D eigenvalue weighted by atomic mass is 10.1. The quantitative estimate of drug-likeness (QED) is 0.863. The second kappa shape index (κ2) is 5.94. The van der Waals surface area contributed by atoms with Crippen LogP contribution in [0, 0.1) is 0 Å². The summed E-state index contributed by atoms with van der Waals surface area (Å²) in [6.07, 6.45) is 0. The number of aliphatic hydroxyl groups is 1. The van der Waals surface area contributed by atoms with Crippen molar-refractivity contribution in [3.05, 3.63) is 58.1 Å². The maximum atomic E-state index is 12.4. The van der Waals surface area contributed by atoms with Crippen LogP contribution in [0.3, 0.4) is 0 Å². The van der Waals surface area contributed by atoms with Gasteiger partial charge in [0.15, 0.2) is 0 Å². The summed E-state index contributed by atoms with van der Waals surface area (Å²) in [5.41, 5.74) is 1.76. The van der Waals surface area contributed by atoms with Gasteiger partial charge in [0.1, 0.15) is 12.4 Å². The van der Waals surface area contributed by atoms with Gasteiger partial charge in [0, 0.05) is 10.0 Å². The third-order valence-electron chi connectivity index (χ3n) is 3.43. The van der Waals surface area contributed by atoms with Gasteiger partial charge >= 0.3 is 5.97 Å². The zero-order valence-electron chi connectivity index (χ0n) is 11.7. The van der Waals surface area contributed by atoms with Gasteiger partial charge in [0.05, 0.1) is 16.9 Å². The number of rotatable bonds is 3. The molecule has 6 nitrogen and oxygen atoms in total. The van der Waals surface area contributed by atoms with E-state index in [0.29, 0.717) is 16.9 Å². The number of carbonyl (C=O) groups is 2. The van der Waals surface area contributed by atoms with Crippen molar-refractivity contribution in [2.45, 2.75) is 0 Å². The fraction of sp³-hybridized carbons (Fsp3) is 0.0625. The van der Waals surface area contributed by atoms with E-state index in [-0.39, 0.29) is 11.3 Å². The molecule has 0 spiro atoms. The standard InChI is InChI=1S/C16H11BrN2O4/c17-10-4-5-13-12(7-10)14(15(21)19(13)8-20)18-11-3-1-2-9(6-11)16(22)23/h1-7,20H,8H2,(H,22,23)/b18-14-. The van der Waals surface area contributed by atoms with Crippen molar-refractivity contribution in [3.63, 3.8) is 0 Å². The van der Waals surface area contributed by atoms with E-state index in [1.807, 2.05) is 0 Å². The Morgan fingerprint density at radius 1 is 1.22 bits per heavy atom. The highest BCUT2D eigenvalue weighted by Gasteiger charge is 2.33. The van der Waals surface area contributed by atoms with Crippen LogP contribution in [0.15, 0.2) is 51.9 Å². The molecule has 0 radical (unpaired) electrons. The van der Waals surface area contributed by atoms with Crippen molar-refractivity contribution in [2.75, 3.05) is 11.6 Å². The highest BCUT2D eigenvalue weighted by molar-refractivity contribution is 9.10. The van der Waals surface area contributed by atoms with Crippen molar-refractivity contribution < 1.29 is 19.8 Å². The van der Waals surface area contributed by atoms with Crippen LogP contribution in [0.25, 0.3) is 0 Å². The molecular formula is C16H11BrN2O4. The van der Waals surface area contributed by atoms with Crippen LogP contribution >= 0.6 is 15.9 Å². The predicted molar refractivity (Wildman–Crippen MR) is 88.3 cm³/mol. The summed E-state index contributed by atoms with van der Waals surface area (Å²) in [7, 11) is 0. The Bertz CT molecular complexity index is 848. The number of aliphatic imine (C=N–C) groups is 1. The van der Waals surface area contributed by atoms with Gasteiger partial charge in [-0.2, -0.15) is 0 Å². The van der Waals surface area contributed by atoms with E-state index in [0.717, 1.165) is 4.47 Å². The van der Waals surface area contributed by atoms with E-state index in [1.54, 1.807) is 30.3 Å². The summed E-state index contributed by atoms with van der Waals surface area (Å²) in [5, 5.41) is 18.4. The molecule has 1 aliphatic heterocycles. The average Bonchev–Trinajstić information content (AvgIpc) is 2.79. The lowest BCUT2D eigenvalue weighted by Gasteiger charge is -2.12. The molecule has 0 fully saturated rings. The van der Waals surface area contributed by atoms with Crippen LogP contribution in [0.1, 0.15) is 15.9 Å². The average molecular weight is 375 g/mol. The minimum absolute atomic E-state index is 0.0887. The molecule has 116 valence electrons. The summed E-state index contributed by atoms with van der Waals surface area (Å²) in [5.74, 6) is -1.49. The summed E-state index contributed by atoms with van der Waals surface area (Å²) >= 11 is 3.35. The molecule has 0 aliphatic carbocycles. The van der Waals surface area contributed by atoms with Crippen LogP contribution in [0.2, 0.25) is 0 Å². The smallest absolute Gasteiger partial charge is 0.335 e. The summed E-state index contributed by atoms with van der Waals surface area (Å²) in [6, 6.07) is 11.2. The van der Waals surface area contributed by atoms with Crippen molar-refractivity contribution in [1.82, 2.24) is 0 Å². The molecule has 7 heteroatoms. The molecule has 2 aromatic carbocycles. The molecule has 0 aromatic heterocycles. The molecule has 2 aromatic rings. The number of nitrogens with zero attached hydrogens (tertiary/aromatic N) is 2. The van der Waals surface area contributed by atoms with E-state index in [2.05, 4.69) is 20.9 Å². The van der Waals surface area contributed by atoms with E-state index < -0.39 is 18.6 Å². The van der Waals surface area contributed by atoms with Gasteiger partial charge < -0.3 is 10.2 Å². The van der Waals surface area contributed by atoms with E-state index in [4.69, 9.17) is 5.11 Å². The largest absolute Gasteiger partial charge is 0.478 e. The normalized spacial score (nSPS) is 15.1. The number of amides is 1. The van der Waals surface area contributed by atoms with Gasteiger partial charge in [-0.05, 0) is 36.4 Å². The van der Waals surface area contributed by atoms with Crippen LogP contribution in [0.5, 0.6) is 0 Å². The minimum Gasteiger partial charge on any atom is -0.478 e. The Labute approximate surface area is 139 Å². The topological polar surface area (TPSA) is 90.2 Å². The fourth-order valence-corrected chi connectivity index (χ4v) is 2.73. The molecule has 1 aliphatic rings. The predicted octanol–water partition coefficient (Wildman–Crippen LogP) is 2.56. The molecule has 0 saturated heterocycles. The first-order valence-corrected chi connectivity index (χ1v) is 7.45. The monoisotopic (exact) mass is 374 g/mol. The maximum Gasteiger partial charge on any atom is 0.335 e. The van der Waals surface area contributed by atoms with E-state index >= 15 is 0 Å². The fourth-order valence-electron chi connectivity index (χ4n) is 2.37. The van der Waals surface area contributed by atoms with Crippen LogP contribution in [-0.4, -0.2) is 34.5 Å². The van der Waals surface area contributed by atoms with Crippen molar-refractivity contribution in [2.24, 2.45) is 4.99 Å². The number of benzene rings is 2. The minimum atomic E-state index is -1.06. The number of carbonyl (C=O) groups excluding carboxylic acids is 1. The SMILES string of the molecule is O=C(O)c1cccc(/N=C2\C(=O)N(CO)c3ccc(Br)cc32)c1. The maximum absolute atomic E-state index is 12.4. The molecular weight excluding hydrogens is 364 g/mol. The van der Waals surface area contributed by atoms with Gasteiger partial charge in [0.25, 0.3) is 5.91 Å². The molecule has 1 heterocycles. The van der Waals surface area contributed by atoms with Gasteiger partial charge in [-0.1, -0.05) is 22.0 Å². The molecule has 0 unspecified atom stereocenters. The zero-order valence-corrected chi connectivity index (χ0v) is 13.3. The Morgan fingerprint density at radius 2 is 2.00 bits per heavy atom. The number of fused-ring (bicyclic) bond motifs is 1. The molecule has 0 saturated carbocycles. The second-order valence-corrected chi connectivity index (χ2v) is 5.77. The Morgan fingerprint density at radius 3 is 2.70 bits per heavy atom. The first-order chi connectivity index (χ1) is 11.0. The third-order valence-corrected chi connectivity index (χ3v) is 3.92. The Hall–Kier alpha value is -2.51.